The highest BCUT2D eigenvalue weighted by Gasteiger charge is 2.24. The SMILES string of the molecule is CCOC(=O)N1CCC(NC(=O)c2ccc(NC(=O)OC(C)(C)C)cc2)CC1. The average molecular weight is 391 g/mol. The van der Waals surface area contributed by atoms with E-state index in [1.54, 1.807) is 56.9 Å². The van der Waals surface area contributed by atoms with E-state index in [1.165, 1.54) is 0 Å². The number of rotatable bonds is 4. The largest absolute Gasteiger partial charge is 0.450 e. The fourth-order valence-corrected chi connectivity index (χ4v) is 2.82. The Balaban J connectivity index is 1.82. The average Bonchev–Trinajstić information content (AvgIpc) is 2.61. The quantitative estimate of drug-likeness (QED) is 0.820. The molecular weight excluding hydrogens is 362 g/mol. The summed E-state index contributed by atoms with van der Waals surface area (Å²) in [5, 5.41) is 5.62. The van der Waals surface area contributed by atoms with Gasteiger partial charge in [-0.3, -0.25) is 10.1 Å². The number of ether oxygens (including phenoxy) is 2. The Bertz CT molecular complexity index is 689. The highest BCUT2D eigenvalue weighted by molar-refractivity contribution is 5.95. The van der Waals surface area contributed by atoms with Crippen LogP contribution in [0.25, 0.3) is 0 Å². The van der Waals surface area contributed by atoms with Crippen LogP contribution in [0.5, 0.6) is 0 Å². The van der Waals surface area contributed by atoms with Gasteiger partial charge >= 0.3 is 12.2 Å². The second-order valence-electron chi connectivity index (χ2n) is 7.64. The fraction of sp³-hybridized carbons (Fsp3) is 0.550. The highest BCUT2D eigenvalue weighted by Crippen LogP contribution is 2.15. The Hall–Kier alpha value is -2.77. The Labute approximate surface area is 165 Å². The normalized spacial score (nSPS) is 14.9. The molecule has 8 nitrogen and oxygen atoms in total. The van der Waals surface area contributed by atoms with Gasteiger partial charge in [0.15, 0.2) is 0 Å². The van der Waals surface area contributed by atoms with E-state index in [-0.39, 0.29) is 18.0 Å². The summed E-state index contributed by atoms with van der Waals surface area (Å²) in [6.07, 6.45) is 0.518. The second-order valence-corrected chi connectivity index (χ2v) is 7.64. The number of hydrogen-bond acceptors (Lipinski definition) is 5. The zero-order valence-electron chi connectivity index (χ0n) is 16.9. The molecule has 1 aromatic rings. The van der Waals surface area contributed by atoms with Gasteiger partial charge < -0.3 is 19.7 Å². The maximum Gasteiger partial charge on any atom is 0.412 e. The predicted molar refractivity (Wildman–Crippen MR) is 105 cm³/mol. The molecule has 0 bridgehead atoms. The molecule has 0 aliphatic carbocycles. The number of likely N-dealkylation sites (tertiary alicyclic amines) is 1. The van der Waals surface area contributed by atoms with Crippen LogP contribution in [0.2, 0.25) is 0 Å². The summed E-state index contributed by atoms with van der Waals surface area (Å²) < 4.78 is 10.2. The van der Waals surface area contributed by atoms with Gasteiger partial charge in [0.25, 0.3) is 5.91 Å². The minimum atomic E-state index is -0.577. The lowest BCUT2D eigenvalue weighted by atomic mass is 10.0. The van der Waals surface area contributed by atoms with E-state index in [9.17, 15) is 14.4 Å². The van der Waals surface area contributed by atoms with Crippen molar-refractivity contribution >= 4 is 23.8 Å². The van der Waals surface area contributed by atoms with Crippen LogP contribution < -0.4 is 10.6 Å². The number of nitrogens with one attached hydrogen (secondary N) is 2. The number of amides is 3. The van der Waals surface area contributed by atoms with Crippen molar-refractivity contribution in [2.45, 2.75) is 52.2 Å². The number of anilines is 1. The maximum atomic E-state index is 12.4. The minimum Gasteiger partial charge on any atom is -0.450 e. The Morgan fingerprint density at radius 1 is 1.11 bits per heavy atom. The van der Waals surface area contributed by atoms with Gasteiger partial charge in [-0.2, -0.15) is 0 Å². The molecule has 1 aromatic carbocycles. The van der Waals surface area contributed by atoms with Gasteiger partial charge in [-0.15, -0.1) is 0 Å². The summed E-state index contributed by atoms with van der Waals surface area (Å²) in [6, 6.07) is 6.62. The molecule has 0 atom stereocenters. The number of nitrogens with zero attached hydrogens (tertiary/aromatic N) is 1. The lowest BCUT2D eigenvalue weighted by molar-refractivity contribution is 0.0635. The molecule has 154 valence electrons. The van der Waals surface area contributed by atoms with Crippen LogP contribution in [-0.4, -0.2) is 54.3 Å². The summed E-state index contributed by atoms with van der Waals surface area (Å²) >= 11 is 0. The van der Waals surface area contributed by atoms with Crippen LogP contribution in [0.1, 0.15) is 50.9 Å². The van der Waals surface area contributed by atoms with E-state index >= 15 is 0 Å². The summed E-state index contributed by atoms with van der Waals surface area (Å²) in [5.41, 5.74) is 0.475. The first-order valence-electron chi connectivity index (χ1n) is 9.50. The van der Waals surface area contributed by atoms with Crippen LogP contribution in [0.15, 0.2) is 24.3 Å². The van der Waals surface area contributed by atoms with E-state index in [1.807, 2.05) is 0 Å². The standard InChI is InChI=1S/C20H29N3O5/c1-5-27-19(26)23-12-10-16(11-13-23)21-17(24)14-6-8-15(9-7-14)22-18(25)28-20(2,3)4/h6-9,16H,5,10-13H2,1-4H3,(H,21,24)(H,22,25). The molecule has 3 amide bonds. The Morgan fingerprint density at radius 2 is 1.71 bits per heavy atom. The molecule has 8 heteroatoms. The maximum absolute atomic E-state index is 12.4. The third-order valence-electron chi connectivity index (χ3n) is 4.15. The Morgan fingerprint density at radius 3 is 2.25 bits per heavy atom. The molecule has 0 spiro atoms. The summed E-state index contributed by atoms with van der Waals surface area (Å²) in [4.78, 5) is 37.6. The third-order valence-corrected chi connectivity index (χ3v) is 4.15. The molecule has 1 heterocycles. The number of piperidine rings is 1. The monoisotopic (exact) mass is 391 g/mol. The second kappa shape index (κ2) is 9.43. The summed E-state index contributed by atoms with van der Waals surface area (Å²) in [5.74, 6) is -0.182. The third kappa shape index (κ3) is 6.75. The Kier molecular flexibility index (Phi) is 7.25. The van der Waals surface area contributed by atoms with Gasteiger partial charge in [0.2, 0.25) is 0 Å². The van der Waals surface area contributed by atoms with Crippen LogP contribution in [0.3, 0.4) is 0 Å². The van der Waals surface area contributed by atoms with Crippen molar-refractivity contribution in [3.8, 4) is 0 Å². The van der Waals surface area contributed by atoms with Gasteiger partial charge in [-0.1, -0.05) is 0 Å². The van der Waals surface area contributed by atoms with Crippen molar-refractivity contribution < 1.29 is 23.9 Å². The lowest BCUT2D eigenvalue weighted by Gasteiger charge is -2.31. The topological polar surface area (TPSA) is 97.0 Å². The first-order valence-corrected chi connectivity index (χ1v) is 9.50. The van der Waals surface area contributed by atoms with Crippen molar-refractivity contribution in [1.29, 1.82) is 0 Å². The first-order chi connectivity index (χ1) is 13.2. The van der Waals surface area contributed by atoms with Crippen molar-refractivity contribution in [3.05, 3.63) is 29.8 Å². The van der Waals surface area contributed by atoms with E-state index in [2.05, 4.69) is 10.6 Å². The van der Waals surface area contributed by atoms with Crippen molar-refractivity contribution in [3.63, 3.8) is 0 Å². The summed E-state index contributed by atoms with van der Waals surface area (Å²) in [7, 11) is 0. The molecule has 28 heavy (non-hydrogen) atoms. The van der Waals surface area contributed by atoms with Gasteiger partial charge in [-0.05, 0) is 64.8 Å². The van der Waals surface area contributed by atoms with E-state index in [4.69, 9.17) is 9.47 Å². The first kappa shape index (κ1) is 21.5. The molecule has 2 N–H and O–H groups in total. The van der Waals surface area contributed by atoms with E-state index in [0.717, 1.165) is 0 Å². The smallest absolute Gasteiger partial charge is 0.412 e. The van der Waals surface area contributed by atoms with Crippen molar-refractivity contribution in [2.75, 3.05) is 25.0 Å². The molecule has 1 saturated heterocycles. The van der Waals surface area contributed by atoms with Crippen LogP contribution >= 0.6 is 0 Å². The van der Waals surface area contributed by atoms with Gasteiger partial charge in [0.1, 0.15) is 5.60 Å². The summed E-state index contributed by atoms with van der Waals surface area (Å²) in [6.45, 7) is 8.62. The van der Waals surface area contributed by atoms with Gasteiger partial charge in [-0.25, -0.2) is 9.59 Å². The molecule has 1 aliphatic rings. The number of hydrogen-bond donors (Lipinski definition) is 2. The molecule has 2 rings (SSSR count). The van der Waals surface area contributed by atoms with Crippen LogP contribution in [0, 0.1) is 0 Å². The highest BCUT2D eigenvalue weighted by atomic mass is 16.6. The van der Waals surface area contributed by atoms with Gasteiger partial charge in [0.05, 0.1) is 6.61 Å². The number of carbonyl (C=O) groups excluding carboxylic acids is 3. The fourth-order valence-electron chi connectivity index (χ4n) is 2.82. The molecule has 0 unspecified atom stereocenters. The zero-order chi connectivity index (χ0) is 20.7. The van der Waals surface area contributed by atoms with Crippen LogP contribution in [-0.2, 0) is 9.47 Å². The van der Waals surface area contributed by atoms with E-state index < -0.39 is 11.7 Å². The van der Waals surface area contributed by atoms with Crippen molar-refractivity contribution in [1.82, 2.24) is 10.2 Å². The van der Waals surface area contributed by atoms with Gasteiger partial charge in [0, 0.05) is 30.4 Å². The molecule has 0 saturated carbocycles. The van der Waals surface area contributed by atoms with E-state index in [0.29, 0.717) is 43.8 Å². The molecule has 1 fully saturated rings. The minimum absolute atomic E-state index is 0.0118. The molecule has 1 aliphatic heterocycles. The molecular formula is C20H29N3O5. The van der Waals surface area contributed by atoms with Crippen molar-refractivity contribution in [2.24, 2.45) is 0 Å². The number of carbonyl (C=O) groups is 3. The number of benzene rings is 1. The molecule has 0 aromatic heterocycles. The van der Waals surface area contributed by atoms with Crippen LogP contribution in [0.4, 0.5) is 15.3 Å². The molecule has 0 radical (unpaired) electrons. The predicted octanol–water partition coefficient (Wildman–Crippen LogP) is 3.38. The lowest BCUT2D eigenvalue weighted by Crippen LogP contribution is -2.46. The zero-order valence-corrected chi connectivity index (χ0v) is 16.9.